The van der Waals surface area contributed by atoms with Crippen LogP contribution in [0.2, 0.25) is 0 Å². The highest BCUT2D eigenvalue weighted by Crippen LogP contribution is 2.24. The highest BCUT2D eigenvalue weighted by Gasteiger charge is 2.31. The van der Waals surface area contributed by atoms with Crippen molar-refractivity contribution in [3.8, 4) is 0 Å². The molecule has 162 valence electrons. The van der Waals surface area contributed by atoms with E-state index in [1.807, 2.05) is 24.3 Å². The summed E-state index contributed by atoms with van der Waals surface area (Å²) in [4.78, 5) is 15.0. The molecule has 0 unspecified atom stereocenters. The number of nitrogens with one attached hydrogen (secondary N) is 2. The fourth-order valence-electron chi connectivity index (χ4n) is 4.29. The van der Waals surface area contributed by atoms with Crippen molar-refractivity contribution >= 4 is 17.2 Å². The van der Waals surface area contributed by atoms with Crippen molar-refractivity contribution in [2.75, 3.05) is 26.3 Å². The fraction of sp³-hybridized carbons (Fsp3) is 0.591. The van der Waals surface area contributed by atoms with E-state index in [9.17, 15) is 4.79 Å². The third kappa shape index (κ3) is 5.63. The van der Waals surface area contributed by atoms with E-state index in [1.165, 1.54) is 42.6 Å². The number of carbonyl (C=O) groups excluding carboxylic acids is 1. The fourth-order valence-corrected chi connectivity index (χ4v) is 5.00. The molecule has 2 aliphatic rings. The average molecular weight is 430 g/mol. The van der Waals surface area contributed by atoms with Gasteiger partial charge in [-0.15, -0.1) is 10.2 Å². The molecule has 1 aromatic carbocycles. The van der Waals surface area contributed by atoms with Crippen molar-refractivity contribution in [2.45, 2.75) is 57.8 Å². The molecule has 1 amide bonds. The van der Waals surface area contributed by atoms with Crippen LogP contribution in [0.1, 0.15) is 51.6 Å². The van der Waals surface area contributed by atoms with Gasteiger partial charge in [0.25, 0.3) is 5.91 Å². The smallest absolute Gasteiger partial charge is 0.282 e. The first-order valence-corrected chi connectivity index (χ1v) is 11.7. The van der Waals surface area contributed by atoms with E-state index in [1.54, 1.807) is 0 Å². The SMILES string of the molecule is Cc1ccc(CNC(=O)c2nnc(CN[C@H]3CCCC[C@@H]3N3CCOCC3)s2)cc1. The van der Waals surface area contributed by atoms with Gasteiger partial charge in [0.1, 0.15) is 5.01 Å². The summed E-state index contributed by atoms with van der Waals surface area (Å²) in [7, 11) is 0. The Bertz CT molecular complexity index is 819. The van der Waals surface area contributed by atoms with Gasteiger partial charge in [0.05, 0.1) is 19.8 Å². The topological polar surface area (TPSA) is 79.4 Å². The van der Waals surface area contributed by atoms with Crippen LogP contribution in [-0.2, 0) is 17.8 Å². The summed E-state index contributed by atoms with van der Waals surface area (Å²) < 4.78 is 5.52. The lowest BCUT2D eigenvalue weighted by Crippen LogP contribution is -2.54. The molecule has 2 heterocycles. The predicted molar refractivity (Wildman–Crippen MR) is 118 cm³/mol. The second-order valence-electron chi connectivity index (χ2n) is 8.16. The number of aryl methyl sites for hydroxylation is 1. The van der Waals surface area contributed by atoms with E-state index in [-0.39, 0.29) is 5.91 Å². The molecule has 1 aliphatic carbocycles. The molecule has 1 saturated heterocycles. The standard InChI is InChI=1S/C22H31N5O2S/c1-16-6-8-17(9-7-16)14-24-21(28)22-26-25-20(30-22)15-23-18-4-2-3-5-19(18)27-10-12-29-13-11-27/h6-9,18-19,23H,2-5,10-15H2,1H3,(H,24,28)/t18-,19-/m0/s1. The van der Waals surface area contributed by atoms with Crippen LogP contribution in [0.3, 0.4) is 0 Å². The predicted octanol–water partition coefficient (Wildman–Crippen LogP) is 2.51. The largest absolute Gasteiger partial charge is 0.379 e. The molecular weight excluding hydrogens is 398 g/mol. The first kappa shape index (κ1) is 21.4. The quantitative estimate of drug-likeness (QED) is 0.704. The van der Waals surface area contributed by atoms with Gasteiger partial charge in [0, 0.05) is 31.7 Å². The zero-order valence-corrected chi connectivity index (χ0v) is 18.4. The van der Waals surface area contributed by atoms with E-state index >= 15 is 0 Å². The Balaban J connectivity index is 1.28. The van der Waals surface area contributed by atoms with Gasteiger partial charge in [-0.25, -0.2) is 0 Å². The number of nitrogens with zero attached hydrogens (tertiary/aromatic N) is 3. The van der Waals surface area contributed by atoms with Crippen LogP contribution in [0.25, 0.3) is 0 Å². The number of hydrogen-bond acceptors (Lipinski definition) is 7. The Labute approximate surface area is 182 Å². The summed E-state index contributed by atoms with van der Waals surface area (Å²) in [6.45, 7) is 6.92. The van der Waals surface area contributed by atoms with E-state index in [2.05, 4.69) is 32.7 Å². The lowest BCUT2D eigenvalue weighted by Gasteiger charge is -2.42. The minimum atomic E-state index is -0.164. The number of amides is 1. The third-order valence-corrected chi connectivity index (χ3v) is 6.92. The molecule has 2 atom stereocenters. The normalized spacial score (nSPS) is 22.7. The molecule has 30 heavy (non-hydrogen) atoms. The summed E-state index contributed by atoms with van der Waals surface area (Å²) in [6.07, 6.45) is 4.98. The van der Waals surface area contributed by atoms with Gasteiger partial charge < -0.3 is 15.4 Å². The first-order valence-electron chi connectivity index (χ1n) is 10.9. The first-order chi connectivity index (χ1) is 14.7. The third-order valence-electron chi connectivity index (χ3n) is 5.99. The number of carbonyl (C=O) groups is 1. The van der Waals surface area contributed by atoms with E-state index < -0.39 is 0 Å². The van der Waals surface area contributed by atoms with Gasteiger partial charge in [0.15, 0.2) is 0 Å². The Hall–Kier alpha value is -1.87. The number of aromatic nitrogens is 2. The molecule has 0 spiro atoms. The molecule has 8 heteroatoms. The minimum Gasteiger partial charge on any atom is -0.379 e. The minimum absolute atomic E-state index is 0.164. The lowest BCUT2D eigenvalue weighted by molar-refractivity contribution is -0.000472. The van der Waals surface area contributed by atoms with Crippen molar-refractivity contribution < 1.29 is 9.53 Å². The molecule has 1 aliphatic heterocycles. The van der Waals surface area contributed by atoms with Crippen LogP contribution in [0.5, 0.6) is 0 Å². The maximum Gasteiger partial charge on any atom is 0.282 e. The summed E-state index contributed by atoms with van der Waals surface area (Å²) in [6, 6.07) is 9.17. The van der Waals surface area contributed by atoms with E-state index in [0.29, 0.717) is 30.2 Å². The van der Waals surface area contributed by atoms with Crippen LogP contribution in [-0.4, -0.2) is 59.4 Å². The molecule has 1 aromatic heterocycles. The molecule has 7 nitrogen and oxygen atoms in total. The van der Waals surface area contributed by atoms with Gasteiger partial charge in [-0.3, -0.25) is 9.69 Å². The second kappa shape index (κ2) is 10.4. The lowest BCUT2D eigenvalue weighted by atomic mass is 9.89. The summed E-state index contributed by atoms with van der Waals surface area (Å²) >= 11 is 1.37. The Morgan fingerprint density at radius 1 is 1.13 bits per heavy atom. The van der Waals surface area contributed by atoms with Crippen LogP contribution in [0.15, 0.2) is 24.3 Å². The molecule has 0 radical (unpaired) electrons. The number of hydrogen-bond donors (Lipinski definition) is 2. The van der Waals surface area contributed by atoms with Crippen LogP contribution < -0.4 is 10.6 Å². The van der Waals surface area contributed by atoms with E-state index in [4.69, 9.17) is 4.74 Å². The van der Waals surface area contributed by atoms with Crippen LogP contribution in [0.4, 0.5) is 0 Å². The maximum absolute atomic E-state index is 12.4. The molecule has 2 fully saturated rings. The van der Waals surface area contributed by atoms with Gasteiger partial charge in [-0.2, -0.15) is 0 Å². The Kier molecular flexibility index (Phi) is 7.43. The van der Waals surface area contributed by atoms with Crippen molar-refractivity contribution in [3.05, 3.63) is 45.4 Å². The van der Waals surface area contributed by atoms with Gasteiger partial charge in [-0.1, -0.05) is 54.0 Å². The summed E-state index contributed by atoms with van der Waals surface area (Å²) in [5, 5.41) is 16.3. The second-order valence-corrected chi connectivity index (χ2v) is 9.22. The van der Waals surface area contributed by atoms with Gasteiger partial charge in [0.2, 0.25) is 5.01 Å². The van der Waals surface area contributed by atoms with Crippen molar-refractivity contribution in [1.82, 2.24) is 25.7 Å². The van der Waals surface area contributed by atoms with Crippen LogP contribution in [0, 0.1) is 6.92 Å². The van der Waals surface area contributed by atoms with Crippen LogP contribution >= 0.6 is 11.3 Å². The molecule has 1 saturated carbocycles. The average Bonchev–Trinajstić information content (AvgIpc) is 3.27. The number of morpholine rings is 1. The van der Waals surface area contributed by atoms with Gasteiger partial charge in [-0.05, 0) is 25.3 Å². The number of ether oxygens (including phenoxy) is 1. The summed E-state index contributed by atoms with van der Waals surface area (Å²) in [5.41, 5.74) is 2.28. The molecule has 4 rings (SSSR count). The number of rotatable bonds is 7. The highest BCUT2D eigenvalue weighted by atomic mass is 32.1. The molecule has 0 bridgehead atoms. The highest BCUT2D eigenvalue weighted by molar-refractivity contribution is 7.13. The Morgan fingerprint density at radius 2 is 1.90 bits per heavy atom. The zero-order valence-electron chi connectivity index (χ0n) is 17.6. The monoisotopic (exact) mass is 429 g/mol. The van der Waals surface area contributed by atoms with Crippen molar-refractivity contribution in [1.29, 1.82) is 0 Å². The Morgan fingerprint density at radius 3 is 2.70 bits per heavy atom. The zero-order chi connectivity index (χ0) is 20.8. The van der Waals surface area contributed by atoms with Gasteiger partial charge >= 0.3 is 0 Å². The van der Waals surface area contributed by atoms with Crippen molar-refractivity contribution in [3.63, 3.8) is 0 Å². The summed E-state index contributed by atoms with van der Waals surface area (Å²) in [5.74, 6) is -0.164. The number of benzene rings is 1. The van der Waals surface area contributed by atoms with E-state index in [0.717, 1.165) is 36.9 Å². The molecular formula is C22H31N5O2S. The molecule has 2 N–H and O–H groups in total. The maximum atomic E-state index is 12.4. The molecule has 2 aromatic rings. The van der Waals surface area contributed by atoms with Crippen molar-refractivity contribution in [2.24, 2.45) is 0 Å².